The van der Waals surface area contributed by atoms with Crippen LogP contribution < -0.4 is 5.32 Å². The maximum absolute atomic E-state index is 4.30. The molecule has 20 heavy (non-hydrogen) atoms. The lowest BCUT2D eigenvalue weighted by molar-refractivity contribution is 0.632. The molecular formula is C16H15BrN2S. The first-order chi connectivity index (χ1) is 9.79. The van der Waals surface area contributed by atoms with E-state index in [0.29, 0.717) is 0 Å². The van der Waals surface area contributed by atoms with E-state index in [-0.39, 0.29) is 6.04 Å². The Hall–Kier alpha value is -1.23. The molecule has 2 heterocycles. The van der Waals surface area contributed by atoms with Crippen LogP contribution in [0, 0.1) is 0 Å². The number of nitrogens with one attached hydrogen (secondary N) is 1. The SMILES string of the molecule is CCNC(c1cncc(Br)c1)c1cccc2ccsc12. The Bertz CT molecular complexity index is 723. The van der Waals surface area contributed by atoms with Crippen molar-refractivity contribution in [2.45, 2.75) is 13.0 Å². The summed E-state index contributed by atoms with van der Waals surface area (Å²) < 4.78 is 2.36. The summed E-state index contributed by atoms with van der Waals surface area (Å²) in [6.07, 6.45) is 3.75. The Balaban J connectivity index is 2.13. The number of thiophene rings is 1. The largest absolute Gasteiger partial charge is 0.306 e. The number of rotatable bonds is 4. The van der Waals surface area contributed by atoms with E-state index in [4.69, 9.17) is 0 Å². The van der Waals surface area contributed by atoms with Crippen LogP contribution >= 0.6 is 27.3 Å². The Morgan fingerprint density at radius 2 is 2.20 bits per heavy atom. The molecule has 3 rings (SSSR count). The van der Waals surface area contributed by atoms with Crippen molar-refractivity contribution in [2.75, 3.05) is 6.54 Å². The van der Waals surface area contributed by atoms with E-state index in [1.165, 1.54) is 21.2 Å². The number of benzene rings is 1. The summed E-state index contributed by atoms with van der Waals surface area (Å²) in [5, 5.41) is 7.02. The lowest BCUT2D eigenvalue weighted by Crippen LogP contribution is -2.22. The van der Waals surface area contributed by atoms with Crippen LogP contribution in [-0.2, 0) is 0 Å². The van der Waals surface area contributed by atoms with E-state index in [2.05, 4.69) is 68.9 Å². The van der Waals surface area contributed by atoms with Crippen molar-refractivity contribution < 1.29 is 0 Å². The number of pyridine rings is 1. The highest BCUT2D eigenvalue weighted by Gasteiger charge is 2.16. The molecule has 4 heteroatoms. The maximum Gasteiger partial charge on any atom is 0.0606 e. The molecule has 0 aliphatic carbocycles. The van der Waals surface area contributed by atoms with Gasteiger partial charge in [0.2, 0.25) is 0 Å². The van der Waals surface area contributed by atoms with Crippen molar-refractivity contribution in [1.82, 2.24) is 10.3 Å². The number of hydrogen-bond donors (Lipinski definition) is 1. The molecule has 0 aliphatic heterocycles. The van der Waals surface area contributed by atoms with Gasteiger partial charge in [-0.25, -0.2) is 0 Å². The van der Waals surface area contributed by atoms with Crippen molar-refractivity contribution in [3.8, 4) is 0 Å². The summed E-state index contributed by atoms with van der Waals surface area (Å²) in [6.45, 7) is 3.05. The van der Waals surface area contributed by atoms with Gasteiger partial charge in [0.15, 0.2) is 0 Å². The van der Waals surface area contributed by atoms with Gasteiger partial charge in [-0.1, -0.05) is 25.1 Å². The third-order valence-electron chi connectivity index (χ3n) is 3.29. The molecule has 3 aromatic rings. The lowest BCUT2D eigenvalue weighted by Gasteiger charge is -2.19. The van der Waals surface area contributed by atoms with E-state index < -0.39 is 0 Å². The molecule has 0 fully saturated rings. The van der Waals surface area contributed by atoms with Crippen molar-refractivity contribution in [2.24, 2.45) is 0 Å². The van der Waals surface area contributed by atoms with Gasteiger partial charge in [0.1, 0.15) is 0 Å². The smallest absolute Gasteiger partial charge is 0.0606 e. The normalized spacial score (nSPS) is 12.7. The van der Waals surface area contributed by atoms with Crippen LogP contribution in [0.1, 0.15) is 24.1 Å². The molecular weight excluding hydrogens is 332 g/mol. The number of aromatic nitrogens is 1. The van der Waals surface area contributed by atoms with Gasteiger partial charge in [-0.05, 0) is 56.5 Å². The second kappa shape index (κ2) is 6.04. The predicted molar refractivity (Wildman–Crippen MR) is 89.3 cm³/mol. The van der Waals surface area contributed by atoms with Crippen molar-refractivity contribution in [3.63, 3.8) is 0 Å². The maximum atomic E-state index is 4.30. The fraction of sp³-hybridized carbons (Fsp3) is 0.188. The van der Waals surface area contributed by atoms with Crippen LogP contribution in [0.5, 0.6) is 0 Å². The van der Waals surface area contributed by atoms with Gasteiger partial charge >= 0.3 is 0 Å². The molecule has 1 N–H and O–H groups in total. The number of halogens is 1. The topological polar surface area (TPSA) is 24.9 Å². The van der Waals surface area contributed by atoms with Gasteiger partial charge in [-0.3, -0.25) is 4.98 Å². The Kier molecular flexibility index (Phi) is 4.15. The fourth-order valence-corrected chi connectivity index (χ4v) is 3.77. The van der Waals surface area contributed by atoms with Gasteiger partial charge in [0.05, 0.1) is 6.04 Å². The van der Waals surface area contributed by atoms with Crippen molar-refractivity contribution >= 4 is 37.4 Å². The molecule has 0 radical (unpaired) electrons. The van der Waals surface area contributed by atoms with Crippen LogP contribution in [0.3, 0.4) is 0 Å². The van der Waals surface area contributed by atoms with E-state index in [9.17, 15) is 0 Å². The first kappa shape index (κ1) is 13.7. The second-order valence-corrected chi connectivity index (χ2v) is 6.45. The molecule has 1 atom stereocenters. The monoisotopic (exact) mass is 346 g/mol. The molecule has 2 nitrogen and oxygen atoms in total. The zero-order chi connectivity index (χ0) is 13.9. The fourth-order valence-electron chi connectivity index (χ4n) is 2.44. The standard InChI is InChI=1S/C16H15BrN2S/c1-2-19-15(12-8-13(17)10-18-9-12)14-5-3-4-11-6-7-20-16(11)14/h3-10,15,19H,2H2,1H3. The summed E-state index contributed by atoms with van der Waals surface area (Å²) in [6, 6.07) is 11.0. The van der Waals surface area contributed by atoms with Gasteiger partial charge in [0, 0.05) is 21.6 Å². The predicted octanol–water partition coefficient (Wildman–Crippen LogP) is 4.76. The van der Waals surface area contributed by atoms with Crippen LogP contribution in [-0.4, -0.2) is 11.5 Å². The quantitative estimate of drug-likeness (QED) is 0.736. The molecule has 0 bridgehead atoms. The van der Waals surface area contributed by atoms with Crippen molar-refractivity contribution in [1.29, 1.82) is 0 Å². The zero-order valence-corrected chi connectivity index (χ0v) is 13.5. The summed E-state index contributed by atoms with van der Waals surface area (Å²) in [7, 11) is 0. The number of nitrogens with zero attached hydrogens (tertiary/aromatic N) is 1. The molecule has 0 saturated heterocycles. The zero-order valence-electron chi connectivity index (χ0n) is 11.1. The molecule has 1 unspecified atom stereocenters. The van der Waals surface area contributed by atoms with Gasteiger partial charge in [-0.2, -0.15) is 0 Å². The Morgan fingerprint density at radius 1 is 1.30 bits per heavy atom. The highest BCUT2D eigenvalue weighted by atomic mass is 79.9. The summed E-state index contributed by atoms with van der Waals surface area (Å²) in [5.74, 6) is 0. The minimum atomic E-state index is 0.173. The van der Waals surface area contributed by atoms with Crippen LogP contribution in [0.4, 0.5) is 0 Å². The highest BCUT2D eigenvalue weighted by molar-refractivity contribution is 9.10. The van der Waals surface area contributed by atoms with E-state index in [1.54, 1.807) is 11.3 Å². The first-order valence-electron chi connectivity index (χ1n) is 6.59. The summed E-state index contributed by atoms with van der Waals surface area (Å²) in [5.41, 5.74) is 2.50. The molecule has 0 amide bonds. The third-order valence-corrected chi connectivity index (χ3v) is 4.70. The van der Waals surface area contributed by atoms with E-state index in [1.807, 2.05) is 12.4 Å². The molecule has 102 valence electrons. The van der Waals surface area contributed by atoms with Crippen LogP contribution in [0.25, 0.3) is 10.1 Å². The highest BCUT2D eigenvalue weighted by Crippen LogP contribution is 2.32. The molecule has 0 saturated carbocycles. The number of fused-ring (bicyclic) bond motifs is 1. The molecule has 0 spiro atoms. The van der Waals surface area contributed by atoms with Crippen LogP contribution in [0.15, 0.2) is 52.6 Å². The first-order valence-corrected chi connectivity index (χ1v) is 8.27. The third kappa shape index (κ3) is 2.64. The average molecular weight is 347 g/mol. The minimum absolute atomic E-state index is 0.173. The average Bonchev–Trinajstić information content (AvgIpc) is 2.93. The van der Waals surface area contributed by atoms with Gasteiger partial charge < -0.3 is 5.32 Å². The van der Waals surface area contributed by atoms with Crippen molar-refractivity contribution in [3.05, 3.63) is 63.7 Å². The van der Waals surface area contributed by atoms with E-state index in [0.717, 1.165) is 11.0 Å². The number of hydrogen-bond acceptors (Lipinski definition) is 3. The molecule has 2 aromatic heterocycles. The molecule has 0 aliphatic rings. The Morgan fingerprint density at radius 3 is 3.00 bits per heavy atom. The second-order valence-electron chi connectivity index (χ2n) is 4.61. The van der Waals surface area contributed by atoms with Gasteiger partial charge in [0.25, 0.3) is 0 Å². The van der Waals surface area contributed by atoms with E-state index >= 15 is 0 Å². The van der Waals surface area contributed by atoms with Gasteiger partial charge in [-0.15, -0.1) is 11.3 Å². The Labute approximate surface area is 131 Å². The summed E-state index contributed by atoms with van der Waals surface area (Å²) >= 11 is 5.30. The molecule has 1 aromatic carbocycles. The minimum Gasteiger partial charge on any atom is -0.306 e. The summed E-state index contributed by atoms with van der Waals surface area (Å²) in [4.78, 5) is 4.30. The van der Waals surface area contributed by atoms with Crippen LogP contribution in [0.2, 0.25) is 0 Å². The lowest BCUT2D eigenvalue weighted by atomic mass is 9.99.